The zero-order chi connectivity index (χ0) is 23.8. The van der Waals surface area contributed by atoms with Crippen molar-refractivity contribution in [2.75, 3.05) is 13.2 Å². The molecular formula is C27H34O6. The molecule has 1 unspecified atom stereocenters. The minimum Gasteiger partial charge on any atom is -0.458 e. The van der Waals surface area contributed by atoms with Crippen molar-refractivity contribution in [1.29, 1.82) is 0 Å². The van der Waals surface area contributed by atoms with Crippen LogP contribution in [0.25, 0.3) is 0 Å². The molecule has 0 bridgehead atoms. The zero-order valence-electron chi connectivity index (χ0n) is 19.5. The second-order valence-electron chi connectivity index (χ2n) is 10.3. The van der Waals surface area contributed by atoms with Gasteiger partial charge in [-0.2, -0.15) is 0 Å². The number of aliphatic hydroxyl groups excluding tert-OH is 2. The third kappa shape index (κ3) is 4.15. The Labute approximate surface area is 195 Å². The van der Waals surface area contributed by atoms with Gasteiger partial charge in [-0.1, -0.05) is 44.2 Å². The number of rotatable bonds is 6. The maximum atomic E-state index is 12.9. The van der Waals surface area contributed by atoms with Gasteiger partial charge in [0, 0.05) is 5.41 Å². The number of hydrogen-bond donors (Lipinski definition) is 2. The maximum Gasteiger partial charge on any atom is 0.338 e. The molecule has 6 nitrogen and oxygen atoms in total. The lowest BCUT2D eigenvalue weighted by Gasteiger charge is -2.60. The van der Waals surface area contributed by atoms with Crippen molar-refractivity contribution in [1.82, 2.24) is 0 Å². The van der Waals surface area contributed by atoms with Crippen molar-refractivity contribution < 1.29 is 29.3 Å². The Morgan fingerprint density at radius 1 is 1.27 bits per heavy atom. The van der Waals surface area contributed by atoms with E-state index in [4.69, 9.17) is 9.47 Å². The number of allylic oxidation sites excluding steroid dienone is 1. The van der Waals surface area contributed by atoms with Crippen LogP contribution in [0.15, 0.2) is 54.1 Å². The lowest BCUT2D eigenvalue weighted by Crippen LogP contribution is -2.57. The first-order valence-electron chi connectivity index (χ1n) is 11.8. The first kappa shape index (κ1) is 23.7. The molecule has 1 heterocycles. The van der Waals surface area contributed by atoms with Crippen molar-refractivity contribution in [3.05, 3.63) is 59.7 Å². The summed E-state index contributed by atoms with van der Waals surface area (Å²) in [5.41, 5.74) is 1.02. The molecule has 1 aliphatic heterocycles. The fourth-order valence-electron chi connectivity index (χ4n) is 6.50. The first-order valence-corrected chi connectivity index (χ1v) is 11.8. The summed E-state index contributed by atoms with van der Waals surface area (Å²) in [5, 5.41) is 21.0. The van der Waals surface area contributed by atoms with Gasteiger partial charge in [0.05, 0.1) is 23.8 Å². The van der Waals surface area contributed by atoms with Crippen LogP contribution in [0.1, 0.15) is 56.3 Å². The number of ether oxygens (including phenoxy) is 2. The maximum absolute atomic E-state index is 12.9. The molecule has 6 atom stereocenters. The molecule has 0 saturated heterocycles. The lowest BCUT2D eigenvalue weighted by molar-refractivity contribution is -0.154. The third-order valence-electron chi connectivity index (χ3n) is 8.50. The molecule has 0 spiro atoms. The van der Waals surface area contributed by atoms with Crippen molar-refractivity contribution >= 4 is 11.9 Å². The van der Waals surface area contributed by atoms with Crippen molar-refractivity contribution in [2.45, 2.75) is 58.2 Å². The van der Waals surface area contributed by atoms with Crippen LogP contribution in [0.3, 0.4) is 0 Å². The largest absolute Gasteiger partial charge is 0.458 e. The topological polar surface area (TPSA) is 93.1 Å². The Morgan fingerprint density at radius 3 is 2.64 bits per heavy atom. The van der Waals surface area contributed by atoms with Gasteiger partial charge in [0.2, 0.25) is 0 Å². The molecule has 4 rings (SSSR count). The van der Waals surface area contributed by atoms with Crippen LogP contribution in [0.5, 0.6) is 0 Å². The molecule has 2 fully saturated rings. The van der Waals surface area contributed by atoms with E-state index >= 15 is 0 Å². The van der Waals surface area contributed by atoms with Gasteiger partial charge < -0.3 is 19.7 Å². The summed E-state index contributed by atoms with van der Waals surface area (Å²) in [6.45, 7) is 8.61. The van der Waals surface area contributed by atoms with Gasteiger partial charge in [-0.15, -0.1) is 0 Å². The van der Waals surface area contributed by atoms with E-state index in [2.05, 4.69) is 13.5 Å². The second kappa shape index (κ2) is 9.07. The van der Waals surface area contributed by atoms with E-state index < -0.39 is 29.6 Å². The molecule has 33 heavy (non-hydrogen) atoms. The molecule has 1 aromatic carbocycles. The minimum absolute atomic E-state index is 0.0301. The highest BCUT2D eigenvalue weighted by atomic mass is 16.6. The van der Waals surface area contributed by atoms with E-state index in [9.17, 15) is 19.8 Å². The summed E-state index contributed by atoms with van der Waals surface area (Å²) in [5.74, 6) is -0.881. The molecule has 6 heteroatoms. The fourth-order valence-corrected chi connectivity index (χ4v) is 6.50. The van der Waals surface area contributed by atoms with Gasteiger partial charge in [0.15, 0.2) is 0 Å². The molecule has 2 N–H and O–H groups in total. The Balaban J connectivity index is 1.65. The Bertz CT molecular complexity index is 953. The summed E-state index contributed by atoms with van der Waals surface area (Å²) < 4.78 is 11.1. The zero-order valence-corrected chi connectivity index (χ0v) is 19.5. The number of aliphatic hydroxyl groups is 2. The van der Waals surface area contributed by atoms with Gasteiger partial charge in [0.25, 0.3) is 0 Å². The molecule has 2 aliphatic carbocycles. The number of benzene rings is 1. The summed E-state index contributed by atoms with van der Waals surface area (Å²) in [7, 11) is 0. The predicted octanol–water partition coefficient (Wildman–Crippen LogP) is 3.83. The van der Waals surface area contributed by atoms with E-state index in [1.165, 1.54) is 0 Å². The van der Waals surface area contributed by atoms with Gasteiger partial charge in [-0.3, -0.25) is 0 Å². The van der Waals surface area contributed by atoms with E-state index in [0.29, 0.717) is 24.0 Å². The molecule has 0 aromatic heterocycles. The van der Waals surface area contributed by atoms with E-state index in [0.717, 1.165) is 24.8 Å². The van der Waals surface area contributed by atoms with E-state index in [1.54, 1.807) is 30.3 Å². The number of carbonyl (C=O) groups excluding carboxylic acids is 2. The number of cyclic esters (lactones) is 1. The van der Waals surface area contributed by atoms with Crippen LogP contribution >= 0.6 is 0 Å². The Hall–Kier alpha value is -2.44. The normalized spacial score (nSPS) is 34.8. The van der Waals surface area contributed by atoms with Crippen LogP contribution in [0.2, 0.25) is 0 Å². The van der Waals surface area contributed by atoms with Crippen molar-refractivity contribution in [3.8, 4) is 0 Å². The monoisotopic (exact) mass is 454 g/mol. The van der Waals surface area contributed by atoms with Gasteiger partial charge in [0.1, 0.15) is 12.7 Å². The van der Waals surface area contributed by atoms with E-state index in [1.807, 2.05) is 13.0 Å². The molecule has 3 aliphatic rings. The molecule has 1 aromatic rings. The highest BCUT2D eigenvalue weighted by Gasteiger charge is 2.58. The smallest absolute Gasteiger partial charge is 0.338 e. The average Bonchev–Trinajstić information content (AvgIpc) is 3.24. The van der Waals surface area contributed by atoms with Gasteiger partial charge in [-0.25, -0.2) is 9.59 Å². The first-order chi connectivity index (χ1) is 15.7. The van der Waals surface area contributed by atoms with Crippen molar-refractivity contribution in [2.24, 2.45) is 22.7 Å². The summed E-state index contributed by atoms with van der Waals surface area (Å²) in [6.07, 6.45) is 3.79. The number of carbonyl (C=O) groups is 2. The standard InChI is InChI=1S/C27H34O6/c1-17-9-10-22-26(2,13-11-23(29)27(22,3)16-28)20(17)15-21(19-12-14-32-25(19)31)33-24(30)18-7-5-4-6-8-18/h4-8,12,20-23,28-29H,1,9-11,13-16H2,2-3H3/t20-,21?,22+,23-,26+,27+/m1/s1. The van der Waals surface area contributed by atoms with Crippen LogP contribution in [-0.2, 0) is 14.3 Å². The van der Waals surface area contributed by atoms with Crippen LogP contribution in [-0.4, -0.2) is 47.6 Å². The van der Waals surface area contributed by atoms with Crippen LogP contribution in [0, 0.1) is 22.7 Å². The van der Waals surface area contributed by atoms with Crippen LogP contribution in [0.4, 0.5) is 0 Å². The molecular weight excluding hydrogens is 420 g/mol. The fraction of sp³-hybridized carbons (Fsp3) is 0.556. The highest BCUT2D eigenvalue weighted by molar-refractivity contribution is 5.94. The van der Waals surface area contributed by atoms with Crippen molar-refractivity contribution in [3.63, 3.8) is 0 Å². The number of esters is 2. The van der Waals surface area contributed by atoms with E-state index in [-0.39, 0.29) is 30.5 Å². The minimum atomic E-state index is -0.753. The quantitative estimate of drug-likeness (QED) is 0.501. The highest BCUT2D eigenvalue weighted by Crippen LogP contribution is 2.62. The lowest BCUT2D eigenvalue weighted by atomic mass is 9.46. The molecule has 0 radical (unpaired) electrons. The summed E-state index contributed by atoms with van der Waals surface area (Å²) >= 11 is 0. The summed E-state index contributed by atoms with van der Waals surface area (Å²) in [6, 6.07) is 8.74. The van der Waals surface area contributed by atoms with Gasteiger partial charge >= 0.3 is 11.9 Å². The average molecular weight is 455 g/mol. The molecule has 2 saturated carbocycles. The Morgan fingerprint density at radius 2 is 2.00 bits per heavy atom. The second-order valence-corrected chi connectivity index (χ2v) is 10.3. The SMILES string of the molecule is C=C1CC[C@@H]2[C@](C)(CO)[C@H](O)CC[C@@]2(C)[C@@H]1CC(OC(=O)c1ccccc1)C1=CCOC1=O. The van der Waals surface area contributed by atoms with Gasteiger partial charge in [-0.05, 0) is 67.6 Å². The molecule has 0 amide bonds. The van der Waals surface area contributed by atoms with Crippen LogP contribution < -0.4 is 0 Å². The predicted molar refractivity (Wildman–Crippen MR) is 123 cm³/mol. The third-order valence-corrected chi connectivity index (χ3v) is 8.50. The number of hydrogen-bond acceptors (Lipinski definition) is 6. The molecule has 178 valence electrons. The Kier molecular flexibility index (Phi) is 6.52. The number of fused-ring (bicyclic) bond motifs is 1. The summed E-state index contributed by atoms with van der Waals surface area (Å²) in [4.78, 5) is 25.3.